The molecule has 0 aliphatic carbocycles. The van der Waals surface area contributed by atoms with Gasteiger partial charge in [-0.1, -0.05) is 11.6 Å². The van der Waals surface area contributed by atoms with Gasteiger partial charge in [-0.15, -0.1) is 0 Å². The van der Waals surface area contributed by atoms with Crippen LogP contribution in [0.1, 0.15) is 26.7 Å². The molecule has 0 fully saturated rings. The highest BCUT2D eigenvalue weighted by Crippen LogP contribution is 2.08. The number of ketones is 1. The van der Waals surface area contributed by atoms with E-state index < -0.39 is 5.97 Å². The maximum Gasteiger partial charge on any atom is 0.313 e. The molecule has 0 aromatic rings. The number of rotatable bonds is 5. The molecule has 0 aromatic heterocycles. The lowest BCUT2D eigenvalue weighted by atomic mass is 10.1. The molecule has 0 bridgehead atoms. The average Bonchev–Trinajstić information content (AvgIpc) is 2.21. The third-order valence-electron chi connectivity index (χ3n) is 2.20. The lowest BCUT2D eigenvalue weighted by molar-refractivity contribution is -0.145. The van der Waals surface area contributed by atoms with E-state index in [0.29, 0.717) is 6.61 Å². The van der Waals surface area contributed by atoms with Crippen LogP contribution in [0.3, 0.4) is 0 Å². The molecule has 88 valence electrons. The topological polar surface area (TPSA) is 55.4 Å². The van der Waals surface area contributed by atoms with E-state index in [9.17, 15) is 9.59 Å². The predicted molar refractivity (Wildman–Crippen MR) is 60.7 cm³/mol. The number of allylic oxidation sites excluding steroid dienone is 3. The number of carbonyl (C=O) groups excluding carboxylic acids is 2. The molecule has 0 radical (unpaired) electrons. The first-order valence-corrected chi connectivity index (χ1v) is 5.39. The molecule has 0 saturated heterocycles. The van der Waals surface area contributed by atoms with Crippen LogP contribution < -0.4 is 5.32 Å². The third-order valence-corrected chi connectivity index (χ3v) is 2.20. The summed E-state index contributed by atoms with van der Waals surface area (Å²) in [6.45, 7) is 4.81. The van der Waals surface area contributed by atoms with E-state index in [1.165, 1.54) is 5.57 Å². The number of hydrogen-bond acceptors (Lipinski definition) is 4. The van der Waals surface area contributed by atoms with E-state index in [0.717, 1.165) is 12.2 Å². The fourth-order valence-electron chi connectivity index (χ4n) is 1.38. The number of dihydropyridines is 1. The molecule has 0 amide bonds. The second-order valence-corrected chi connectivity index (χ2v) is 3.76. The van der Waals surface area contributed by atoms with Crippen molar-refractivity contribution in [1.29, 1.82) is 0 Å². The molecule has 0 spiro atoms. The molecule has 1 aliphatic rings. The summed E-state index contributed by atoms with van der Waals surface area (Å²) >= 11 is 0. The van der Waals surface area contributed by atoms with Crippen LogP contribution in [0.4, 0.5) is 0 Å². The van der Waals surface area contributed by atoms with Gasteiger partial charge in [0, 0.05) is 18.7 Å². The Labute approximate surface area is 95.4 Å². The van der Waals surface area contributed by atoms with Gasteiger partial charge in [-0.25, -0.2) is 0 Å². The fourth-order valence-corrected chi connectivity index (χ4v) is 1.38. The quantitative estimate of drug-likeness (QED) is 0.564. The van der Waals surface area contributed by atoms with Gasteiger partial charge in [0.05, 0.1) is 6.61 Å². The van der Waals surface area contributed by atoms with Crippen molar-refractivity contribution in [3.8, 4) is 0 Å². The van der Waals surface area contributed by atoms with Crippen molar-refractivity contribution >= 4 is 11.8 Å². The molecule has 0 aromatic carbocycles. The summed E-state index contributed by atoms with van der Waals surface area (Å²) in [4.78, 5) is 22.5. The predicted octanol–water partition coefficient (Wildman–Crippen LogP) is 1.33. The van der Waals surface area contributed by atoms with Crippen molar-refractivity contribution in [2.24, 2.45) is 0 Å². The molecule has 16 heavy (non-hydrogen) atoms. The van der Waals surface area contributed by atoms with Gasteiger partial charge >= 0.3 is 5.97 Å². The highest BCUT2D eigenvalue weighted by atomic mass is 16.5. The summed E-state index contributed by atoms with van der Waals surface area (Å²) in [5.41, 5.74) is 2.08. The zero-order valence-corrected chi connectivity index (χ0v) is 9.71. The Morgan fingerprint density at radius 1 is 1.44 bits per heavy atom. The summed E-state index contributed by atoms with van der Waals surface area (Å²) in [6.07, 6.45) is 3.98. The number of Topliss-reactive ketones (excluding diaryl/α,β-unsaturated/α-hetero) is 1. The monoisotopic (exact) mass is 223 g/mol. The molecule has 1 aliphatic heterocycles. The zero-order chi connectivity index (χ0) is 12.0. The maximum atomic E-state index is 11.5. The van der Waals surface area contributed by atoms with Gasteiger partial charge in [-0.2, -0.15) is 0 Å². The van der Waals surface area contributed by atoms with Crippen LogP contribution in [0.5, 0.6) is 0 Å². The van der Waals surface area contributed by atoms with E-state index in [4.69, 9.17) is 4.74 Å². The van der Waals surface area contributed by atoms with Crippen LogP contribution in [-0.2, 0) is 14.3 Å². The summed E-state index contributed by atoms with van der Waals surface area (Å²) in [7, 11) is 0. The third kappa shape index (κ3) is 4.29. The first-order valence-electron chi connectivity index (χ1n) is 5.39. The van der Waals surface area contributed by atoms with E-state index in [-0.39, 0.29) is 18.6 Å². The second-order valence-electron chi connectivity index (χ2n) is 3.76. The molecule has 1 N–H and O–H groups in total. The Morgan fingerprint density at radius 2 is 2.19 bits per heavy atom. The minimum atomic E-state index is -0.448. The largest absolute Gasteiger partial charge is 0.466 e. The summed E-state index contributed by atoms with van der Waals surface area (Å²) < 4.78 is 4.71. The van der Waals surface area contributed by atoms with Crippen molar-refractivity contribution in [1.82, 2.24) is 5.32 Å². The Bertz CT molecular complexity index is 342. The highest BCUT2D eigenvalue weighted by Gasteiger charge is 2.13. The minimum absolute atomic E-state index is 0.120. The number of hydrogen-bond donors (Lipinski definition) is 1. The molecule has 0 saturated carbocycles. The molecule has 4 heteroatoms. The van der Waals surface area contributed by atoms with E-state index in [1.807, 2.05) is 19.1 Å². The van der Waals surface area contributed by atoms with E-state index in [1.54, 1.807) is 6.92 Å². The Hall–Kier alpha value is -1.58. The van der Waals surface area contributed by atoms with Crippen molar-refractivity contribution in [2.75, 3.05) is 13.2 Å². The van der Waals surface area contributed by atoms with Gasteiger partial charge in [0.15, 0.2) is 0 Å². The SMILES string of the molecule is CCOC(=O)CC(=O)CC1=CC=C(C)CN1. The Kier molecular flexibility index (Phi) is 4.76. The fraction of sp³-hybridized carbons (Fsp3) is 0.500. The molecule has 1 heterocycles. The van der Waals surface area contributed by atoms with Crippen LogP contribution in [0.2, 0.25) is 0 Å². The van der Waals surface area contributed by atoms with Crippen LogP contribution >= 0.6 is 0 Å². The molecule has 0 unspecified atom stereocenters. The zero-order valence-electron chi connectivity index (χ0n) is 9.71. The van der Waals surface area contributed by atoms with E-state index >= 15 is 0 Å². The van der Waals surface area contributed by atoms with Gasteiger partial charge in [0.2, 0.25) is 0 Å². The number of nitrogens with one attached hydrogen (secondary N) is 1. The first kappa shape index (κ1) is 12.5. The van der Waals surface area contributed by atoms with Gasteiger partial charge < -0.3 is 10.1 Å². The molecule has 1 rings (SSSR count). The first-order chi connectivity index (χ1) is 7.61. The van der Waals surface area contributed by atoms with Gasteiger partial charge in [0.1, 0.15) is 12.2 Å². The van der Waals surface area contributed by atoms with Crippen LogP contribution in [-0.4, -0.2) is 24.9 Å². The smallest absolute Gasteiger partial charge is 0.313 e. The number of carbonyl (C=O) groups is 2. The standard InChI is InChI=1S/C12H17NO3/c1-3-16-12(15)7-11(14)6-10-5-4-9(2)8-13-10/h4-5,13H,3,6-8H2,1-2H3. The number of ether oxygens (including phenoxy) is 1. The summed E-state index contributed by atoms with van der Waals surface area (Å²) in [5.74, 6) is -0.569. The van der Waals surface area contributed by atoms with Crippen molar-refractivity contribution < 1.29 is 14.3 Å². The molecular weight excluding hydrogens is 206 g/mol. The maximum absolute atomic E-state index is 11.5. The van der Waals surface area contributed by atoms with Gasteiger partial charge in [-0.05, 0) is 19.9 Å². The lowest BCUT2D eigenvalue weighted by Crippen LogP contribution is -2.22. The van der Waals surface area contributed by atoms with Crippen LogP contribution in [0.15, 0.2) is 23.4 Å². The minimum Gasteiger partial charge on any atom is -0.466 e. The highest BCUT2D eigenvalue weighted by molar-refractivity contribution is 5.96. The van der Waals surface area contributed by atoms with Gasteiger partial charge in [0.25, 0.3) is 0 Å². The molecule has 4 nitrogen and oxygen atoms in total. The van der Waals surface area contributed by atoms with Crippen molar-refractivity contribution in [2.45, 2.75) is 26.7 Å². The second kappa shape index (κ2) is 6.10. The summed E-state index contributed by atoms with van der Waals surface area (Å²) in [6, 6.07) is 0. The molecule has 0 atom stereocenters. The van der Waals surface area contributed by atoms with Crippen LogP contribution in [0, 0.1) is 0 Å². The van der Waals surface area contributed by atoms with E-state index in [2.05, 4.69) is 5.32 Å². The normalized spacial score (nSPS) is 14.6. The Morgan fingerprint density at radius 3 is 2.75 bits per heavy atom. The van der Waals surface area contributed by atoms with Crippen molar-refractivity contribution in [3.63, 3.8) is 0 Å². The van der Waals surface area contributed by atoms with Crippen molar-refractivity contribution in [3.05, 3.63) is 23.4 Å². The average molecular weight is 223 g/mol. The molecular formula is C12H17NO3. The number of esters is 1. The van der Waals surface area contributed by atoms with Crippen LogP contribution in [0.25, 0.3) is 0 Å². The Balaban J connectivity index is 2.37. The lowest BCUT2D eigenvalue weighted by Gasteiger charge is -2.14. The van der Waals surface area contributed by atoms with Gasteiger partial charge in [-0.3, -0.25) is 9.59 Å². The summed E-state index contributed by atoms with van der Waals surface area (Å²) in [5, 5.41) is 3.12.